The van der Waals surface area contributed by atoms with E-state index in [9.17, 15) is 10.1 Å². The van der Waals surface area contributed by atoms with E-state index in [0.29, 0.717) is 0 Å². The molecule has 12 heavy (non-hydrogen) atoms. The number of rotatable bonds is 2. The Morgan fingerprint density at radius 3 is 2.17 bits per heavy atom. The van der Waals surface area contributed by atoms with Crippen molar-refractivity contribution in [3.05, 3.63) is 46.5 Å². The fraction of sp³-hybridized carbons (Fsp3) is 0. The summed E-state index contributed by atoms with van der Waals surface area (Å²) < 4.78 is 0. The molecule has 0 spiro atoms. The van der Waals surface area contributed by atoms with Crippen LogP contribution in [-0.2, 0) is 0 Å². The molecule has 64 valence electrons. The van der Waals surface area contributed by atoms with Gasteiger partial charge in [0.05, 0.1) is 4.92 Å². The number of non-ortho nitro benzene ring substituents is 1. The smallest absolute Gasteiger partial charge is 0.258 e. The number of nitrogens with zero attached hydrogens (tertiary/aromatic N) is 1. The maximum atomic E-state index is 10.2. The predicted molar refractivity (Wildman–Crippen MR) is 53.6 cm³/mol. The summed E-state index contributed by atoms with van der Waals surface area (Å²) in [5.41, 5.74) is 0.992. The first-order valence-electron chi connectivity index (χ1n) is 3.11. The van der Waals surface area contributed by atoms with Crippen molar-refractivity contribution in [2.75, 3.05) is 0 Å². The average Bonchev–Trinajstić information content (AvgIpc) is 2.05. The lowest BCUT2D eigenvalue weighted by atomic mass is 10.2. The van der Waals surface area contributed by atoms with Crippen LogP contribution in [0.25, 0.3) is 6.08 Å². The zero-order valence-electron chi connectivity index (χ0n) is 6.36. The maximum absolute atomic E-state index is 10.2. The molecule has 0 aliphatic carbocycles. The van der Waals surface area contributed by atoms with Crippen molar-refractivity contribution in [2.45, 2.75) is 0 Å². The molecule has 0 fully saturated rings. The molecule has 0 radical (unpaired) electrons. The monoisotopic (exact) mass is 183 g/mol. The summed E-state index contributed by atoms with van der Waals surface area (Å²) in [6, 6.07) is 6.23. The van der Waals surface area contributed by atoms with E-state index in [1.165, 1.54) is 12.1 Å². The highest BCUT2D eigenvalue weighted by Crippen LogP contribution is 2.11. The molecule has 0 amide bonds. The van der Waals surface area contributed by atoms with E-state index in [1.807, 2.05) is 0 Å². The van der Waals surface area contributed by atoms with Crippen LogP contribution in [0.1, 0.15) is 5.56 Å². The Labute approximate surface area is 77.3 Å². The van der Waals surface area contributed by atoms with E-state index in [2.05, 4.69) is 6.58 Å². The Balaban J connectivity index is 0.00000121. The fourth-order valence-electron chi connectivity index (χ4n) is 0.732. The van der Waals surface area contributed by atoms with Gasteiger partial charge in [-0.25, -0.2) is 0 Å². The van der Waals surface area contributed by atoms with E-state index >= 15 is 0 Å². The lowest BCUT2D eigenvalue weighted by Crippen LogP contribution is -1.86. The first-order valence-corrected chi connectivity index (χ1v) is 3.11. The molecule has 1 aromatic rings. The Kier molecular flexibility index (Phi) is 4.07. The third-order valence-electron chi connectivity index (χ3n) is 1.34. The zero-order chi connectivity index (χ0) is 8.27. The highest BCUT2D eigenvalue weighted by atomic mass is 32.1. The van der Waals surface area contributed by atoms with E-state index < -0.39 is 4.92 Å². The van der Waals surface area contributed by atoms with Crippen molar-refractivity contribution in [1.29, 1.82) is 0 Å². The highest BCUT2D eigenvalue weighted by Gasteiger charge is 2.01. The molecule has 0 aliphatic heterocycles. The van der Waals surface area contributed by atoms with Crippen molar-refractivity contribution >= 4 is 25.3 Å². The van der Waals surface area contributed by atoms with Crippen molar-refractivity contribution < 1.29 is 4.92 Å². The number of hydrogen-bond donors (Lipinski definition) is 0. The van der Waals surface area contributed by atoms with E-state index in [-0.39, 0.29) is 19.2 Å². The third-order valence-corrected chi connectivity index (χ3v) is 1.34. The highest BCUT2D eigenvalue weighted by molar-refractivity contribution is 7.59. The van der Waals surface area contributed by atoms with Crippen LogP contribution < -0.4 is 0 Å². The lowest BCUT2D eigenvalue weighted by molar-refractivity contribution is -0.384. The summed E-state index contributed by atoms with van der Waals surface area (Å²) in [6.45, 7) is 3.54. The molecule has 0 atom stereocenters. The Bertz CT molecular complexity index is 282. The summed E-state index contributed by atoms with van der Waals surface area (Å²) >= 11 is 0. The summed E-state index contributed by atoms with van der Waals surface area (Å²) in [7, 11) is 0. The Hall–Kier alpha value is -1.29. The second-order valence-corrected chi connectivity index (χ2v) is 2.05. The lowest BCUT2D eigenvalue weighted by Gasteiger charge is -1.91. The largest absolute Gasteiger partial charge is 0.269 e. The fourth-order valence-corrected chi connectivity index (χ4v) is 0.732. The van der Waals surface area contributed by atoms with Gasteiger partial charge in [-0.1, -0.05) is 12.7 Å². The standard InChI is InChI=1S/C8H7NO2.H2S/c1-2-7-3-5-8(6-4-7)9(10)11;/h2-6H,1H2;1H2. The van der Waals surface area contributed by atoms with Crippen LogP contribution in [0, 0.1) is 10.1 Å². The van der Waals surface area contributed by atoms with Crippen LogP contribution in [0.5, 0.6) is 0 Å². The minimum Gasteiger partial charge on any atom is -0.258 e. The first-order chi connectivity index (χ1) is 5.24. The van der Waals surface area contributed by atoms with Crippen molar-refractivity contribution in [2.24, 2.45) is 0 Å². The Morgan fingerprint density at radius 2 is 1.83 bits per heavy atom. The number of nitro groups is 1. The maximum Gasteiger partial charge on any atom is 0.269 e. The van der Waals surface area contributed by atoms with Gasteiger partial charge in [-0.3, -0.25) is 10.1 Å². The van der Waals surface area contributed by atoms with Gasteiger partial charge in [0.2, 0.25) is 0 Å². The molecule has 1 rings (SSSR count). The normalized spacial score (nSPS) is 8.33. The van der Waals surface area contributed by atoms with Gasteiger partial charge < -0.3 is 0 Å². The van der Waals surface area contributed by atoms with Gasteiger partial charge in [-0.15, -0.1) is 0 Å². The molecule has 0 saturated carbocycles. The van der Waals surface area contributed by atoms with Gasteiger partial charge in [0.1, 0.15) is 0 Å². The summed E-state index contributed by atoms with van der Waals surface area (Å²) in [5.74, 6) is 0. The zero-order valence-corrected chi connectivity index (χ0v) is 7.36. The molecule has 0 heterocycles. The van der Waals surface area contributed by atoms with Gasteiger partial charge in [0.15, 0.2) is 0 Å². The molecule has 4 heteroatoms. The number of hydrogen-bond acceptors (Lipinski definition) is 2. The van der Waals surface area contributed by atoms with Crippen LogP contribution >= 0.6 is 13.5 Å². The molecule has 0 aromatic heterocycles. The van der Waals surface area contributed by atoms with Crippen LogP contribution in [-0.4, -0.2) is 4.92 Å². The molecule has 0 N–H and O–H groups in total. The Morgan fingerprint density at radius 1 is 1.33 bits per heavy atom. The second-order valence-electron chi connectivity index (χ2n) is 2.05. The molecule has 0 bridgehead atoms. The van der Waals surface area contributed by atoms with Gasteiger partial charge in [0, 0.05) is 12.1 Å². The van der Waals surface area contributed by atoms with Gasteiger partial charge in [-0.2, -0.15) is 13.5 Å². The van der Waals surface area contributed by atoms with E-state index in [0.717, 1.165) is 5.56 Å². The molecule has 0 unspecified atom stereocenters. The first kappa shape index (κ1) is 10.7. The molecule has 3 nitrogen and oxygen atoms in total. The SMILES string of the molecule is C=Cc1ccc([N+](=O)[O-])cc1.S. The third kappa shape index (κ3) is 2.39. The minimum atomic E-state index is -0.424. The molecule has 1 aromatic carbocycles. The summed E-state index contributed by atoms with van der Waals surface area (Å²) in [6.07, 6.45) is 1.64. The van der Waals surface area contributed by atoms with Gasteiger partial charge in [-0.05, 0) is 17.7 Å². The van der Waals surface area contributed by atoms with Gasteiger partial charge >= 0.3 is 0 Å². The summed E-state index contributed by atoms with van der Waals surface area (Å²) in [5, 5.41) is 10.2. The summed E-state index contributed by atoms with van der Waals surface area (Å²) in [4.78, 5) is 9.76. The van der Waals surface area contributed by atoms with Crippen LogP contribution in [0.3, 0.4) is 0 Å². The van der Waals surface area contributed by atoms with Crippen molar-refractivity contribution in [3.63, 3.8) is 0 Å². The topological polar surface area (TPSA) is 43.1 Å². The average molecular weight is 183 g/mol. The number of benzene rings is 1. The van der Waals surface area contributed by atoms with E-state index in [4.69, 9.17) is 0 Å². The molecule has 0 aliphatic rings. The van der Waals surface area contributed by atoms with Crippen molar-refractivity contribution in [1.82, 2.24) is 0 Å². The van der Waals surface area contributed by atoms with Gasteiger partial charge in [0.25, 0.3) is 5.69 Å². The van der Waals surface area contributed by atoms with Crippen LogP contribution in [0.2, 0.25) is 0 Å². The molecule has 0 saturated heterocycles. The predicted octanol–water partition coefficient (Wildman–Crippen LogP) is 2.35. The number of nitro benzene ring substituents is 1. The van der Waals surface area contributed by atoms with E-state index in [1.54, 1.807) is 18.2 Å². The quantitative estimate of drug-likeness (QED) is 0.521. The minimum absolute atomic E-state index is 0. The molecular weight excluding hydrogens is 174 g/mol. The molecular formula is C8H9NO2S. The van der Waals surface area contributed by atoms with Crippen LogP contribution in [0.15, 0.2) is 30.8 Å². The van der Waals surface area contributed by atoms with Crippen LogP contribution in [0.4, 0.5) is 5.69 Å². The second kappa shape index (κ2) is 4.56. The van der Waals surface area contributed by atoms with Crippen molar-refractivity contribution in [3.8, 4) is 0 Å².